The Labute approximate surface area is 100 Å². The fraction of sp³-hybridized carbons (Fsp3) is 0.462. The summed E-state index contributed by atoms with van der Waals surface area (Å²) in [6.45, 7) is 3.16. The van der Waals surface area contributed by atoms with E-state index in [0.717, 1.165) is 30.6 Å². The summed E-state index contributed by atoms with van der Waals surface area (Å²) in [4.78, 5) is 12.0. The number of hydrogen-bond acceptors (Lipinski definition) is 3. The Morgan fingerprint density at radius 3 is 3.06 bits per heavy atom. The largest absolute Gasteiger partial charge is 0.372 e. The van der Waals surface area contributed by atoms with Gasteiger partial charge in [-0.25, -0.2) is 0 Å². The molecular formula is C13H16N2O2. The zero-order chi connectivity index (χ0) is 11.7. The van der Waals surface area contributed by atoms with Gasteiger partial charge < -0.3 is 15.4 Å². The van der Waals surface area contributed by atoms with Gasteiger partial charge in [0, 0.05) is 18.2 Å². The van der Waals surface area contributed by atoms with E-state index in [-0.39, 0.29) is 11.9 Å². The molecule has 2 heterocycles. The standard InChI is InChI=1S/C13H16N2O2/c16-13(15-12-3-4-14-6-12)9-1-2-10-7-17-8-11(10)5-9/h1-2,5,12,14H,3-4,6-8H2,(H,15,16)/t12-/m0/s1. The van der Waals surface area contributed by atoms with Crippen molar-refractivity contribution < 1.29 is 9.53 Å². The molecule has 2 aliphatic heterocycles. The zero-order valence-electron chi connectivity index (χ0n) is 9.66. The lowest BCUT2D eigenvalue weighted by atomic mass is 10.1. The fourth-order valence-corrected chi connectivity index (χ4v) is 2.36. The fourth-order valence-electron chi connectivity index (χ4n) is 2.36. The number of rotatable bonds is 2. The molecule has 3 rings (SSSR count). The van der Waals surface area contributed by atoms with E-state index in [0.29, 0.717) is 13.2 Å². The van der Waals surface area contributed by atoms with Crippen molar-refractivity contribution in [3.05, 3.63) is 34.9 Å². The molecule has 0 bridgehead atoms. The quantitative estimate of drug-likeness (QED) is 0.793. The number of hydrogen-bond donors (Lipinski definition) is 2. The number of carbonyl (C=O) groups excluding carboxylic acids is 1. The Hall–Kier alpha value is -1.39. The third-order valence-corrected chi connectivity index (χ3v) is 3.38. The minimum atomic E-state index is 0.0217. The van der Waals surface area contributed by atoms with E-state index in [1.54, 1.807) is 0 Å². The normalized spacial score (nSPS) is 22.5. The Morgan fingerprint density at radius 1 is 1.35 bits per heavy atom. The van der Waals surface area contributed by atoms with Gasteiger partial charge in [0.05, 0.1) is 13.2 Å². The summed E-state index contributed by atoms with van der Waals surface area (Å²) in [5.41, 5.74) is 3.08. The second kappa shape index (κ2) is 4.47. The Bertz CT molecular complexity index is 439. The molecule has 2 N–H and O–H groups in total. The van der Waals surface area contributed by atoms with Crippen molar-refractivity contribution in [2.75, 3.05) is 13.1 Å². The van der Waals surface area contributed by atoms with E-state index in [9.17, 15) is 4.79 Å². The molecule has 1 atom stereocenters. The molecule has 2 aliphatic rings. The van der Waals surface area contributed by atoms with Crippen LogP contribution in [0.2, 0.25) is 0 Å². The second-order valence-corrected chi connectivity index (χ2v) is 4.64. The number of carbonyl (C=O) groups is 1. The highest BCUT2D eigenvalue weighted by atomic mass is 16.5. The lowest BCUT2D eigenvalue weighted by Crippen LogP contribution is -2.36. The first-order valence-electron chi connectivity index (χ1n) is 6.04. The lowest BCUT2D eigenvalue weighted by Gasteiger charge is -2.11. The molecule has 4 heteroatoms. The summed E-state index contributed by atoms with van der Waals surface area (Å²) >= 11 is 0. The van der Waals surface area contributed by atoms with Crippen LogP contribution in [0.3, 0.4) is 0 Å². The lowest BCUT2D eigenvalue weighted by molar-refractivity contribution is 0.0940. The molecule has 1 amide bonds. The molecule has 1 fully saturated rings. The van der Waals surface area contributed by atoms with Crippen LogP contribution in [0.25, 0.3) is 0 Å². The van der Waals surface area contributed by atoms with E-state index in [4.69, 9.17) is 4.74 Å². The molecule has 1 aromatic carbocycles. The van der Waals surface area contributed by atoms with Crippen molar-refractivity contribution >= 4 is 5.91 Å². The monoisotopic (exact) mass is 232 g/mol. The van der Waals surface area contributed by atoms with Crippen LogP contribution in [-0.2, 0) is 18.0 Å². The van der Waals surface area contributed by atoms with Crippen LogP contribution < -0.4 is 10.6 Å². The first kappa shape index (κ1) is 10.7. The molecule has 17 heavy (non-hydrogen) atoms. The minimum absolute atomic E-state index is 0.0217. The van der Waals surface area contributed by atoms with Gasteiger partial charge in [0.2, 0.25) is 0 Å². The highest BCUT2D eigenvalue weighted by Gasteiger charge is 2.19. The number of nitrogens with one attached hydrogen (secondary N) is 2. The minimum Gasteiger partial charge on any atom is -0.372 e. The summed E-state index contributed by atoms with van der Waals surface area (Å²) in [6, 6.07) is 6.09. The number of fused-ring (bicyclic) bond motifs is 1. The zero-order valence-corrected chi connectivity index (χ0v) is 9.66. The van der Waals surface area contributed by atoms with Gasteiger partial charge in [-0.3, -0.25) is 4.79 Å². The van der Waals surface area contributed by atoms with Crippen LogP contribution >= 0.6 is 0 Å². The number of benzene rings is 1. The summed E-state index contributed by atoms with van der Waals surface area (Å²) in [6.07, 6.45) is 1.01. The summed E-state index contributed by atoms with van der Waals surface area (Å²) in [5.74, 6) is 0.0217. The highest BCUT2D eigenvalue weighted by molar-refractivity contribution is 5.94. The van der Waals surface area contributed by atoms with Crippen molar-refractivity contribution in [1.29, 1.82) is 0 Å². The van der Waals surface area contributed by atoms with Gasteiger partial charge in [0.25, 0.3) is 5.91 Å². The predicted octanol–water partition coefficient (Wildman–Crippen LogP) is 0.808. The molecule has 90 valence electrons. The highest BCUT2D eigenvalue weighted by Crippen LogP contribution is 2.20. The second-order valence-electron chi connectivity index (χ2n) is 4.64. The summed E-state index contributed by atoms with van der Waals surface area (Å²) in [5, 5.41) is 6.28. The predicted molar refractivity (Wildman–Crippen MR) is 63.7 cm³/mol. The van der Waals surface area contributed by atoms with E-state index in [1.807, 2.05) is 18.2 Å². The SMILES string of the molecule is O=C(N[C@H]1CCNC1)c1ccc2c(c1)COC2. The first-order chi connectivity index (χ1) is 8.33. The van der Waals surface area contributed by atoms with Crippen molar-refractivity contribution in [1.82, 2.24) is 10.6 Å². The maximum atomic E-state index is 12.0. The van der Waals surface area contributed by atoms with E-state index >= 15 is 0 Å². The third kappa shape index (κ3) is 2.18. The van der Waals surface area contributed by atoms with Crippen molar-refractivity contribution in [2.24, 2.45) is 0 Å². The van der Waals surface area contributed by atoms with Gasteiger partial charge in [0.1, 0.15) is 0 Å². The molecule has 0 aromatic heterocycles. The topological polar surface area (TPSA) is 50.4 Å². The Morgan fingerprint density at radius 2 is 2.24 bits per heavy atom. The Balaban J connectivity index is 1.72. The van der Waals surface area contributed by atoms with Crippen molar-refractivity contribution in [2.45, 2.75) is 25.7 Å². The number of ether oxygens (including phenoxy) is 1. The van der Waals surface area contributed by atoms with Crippen LogP contribution in [0, 0.1) is 0 Å². The first-order valence-corrected chi connectivity index (χ1v) is 6.04. The molecule has 0 spiro atoms. The van der Waals surface area contributed by atoms with E-state index < -0.39 is 0 Å². The van der Waals surface area contributed by atoms with Crippen molar-refractivity contribution in [3.63, 3.8) is 0 Å². The smallest absolute Gasteiger partial charge is 0.251 e. The average molecular weight is 232 g/mol. The van der Waals surface area contributed by atoms with Crippen LogP contribution in [0.15, 0.2) is 18.2 Å². The average Bonchev–Trinajstić information content (AvgIpc) is 2.97. The molecule has 0 saturated carbocycles. The van der Waals surface area contributed by atoms with Crippen LogP contribution in [0.1, 0.15) is 27.9 Å². The van der Waals surface area contributed by atoms with Gasteiger partial charge in [-0.1, -0.05) is 6.07 Å². The van der Waals surface area contributed by atoms with E-state index in [2.05, 4.69) is 10.6 Å². The van der Waals surface area contributed by atoms with Gasteiger partial charge >= 0.3 is 0 Å². The molecule has 0 radical (unpaired) electrons. The molecule has 0 aliphatic carbocycles. The van der Waals surface area contributed by atoms with E-state index in [1.165, 1.54) is 5.56 Å². The molecule has 1 aromatic rings. The maximum absolute atomic E-state index is 12.0. The van der Waals surface area contributed by atoms with Crippen molar-refractivity contribution in [3.8, 4) is 0 Å². The van der Waals surface area contributed by atoms with Gasteiger partial charge in [-0.05, 0) is 36.2 Å². The summed E-state index contributed by atoms with van der Waals surface area (Å²) in [7, 11) is 0. The Kier molecular flexibility index (Phi) is 2.82. The molecule has 4 nitrogen and oxygen atoms in total. The van der Waals surface area contributed by atoms with Crippen LogP contribution in [-0.4, -0.2) is 25.0 Å². The summed E-state index contributed by atoms with van der Waals surface area (Å²) < 4.78 is 5.34. The molecular weight excluding hydrogens is 216 g/mol. The molecule has 0 unspecified atom stereocenters. The molecule has 1 saturated heterocycles. The third-order valence-electron chi connectivity index (χ3n) is 3.38. The van der Waals surface area contributed by atoms with Gasteiger partial charge in [-0.15, -0.1) is 0 Å². The van der Waals surface area contributed by atoms with Crippen LogP contribution in [0.5, 0.6) is 0 Å². The van der Waals surface area contributed by atoms with Crippen LogP contribution in [0.4, 0.5) is 0 Å². The number of amides is 1. The van der Waals surface area contributed by atoms with Gasteiger partial charge in [-0.2, -0.15) is 0 Å². The van der Waals surface area contributed by atoms with Gasteiger partial charge in [0.15, 0.2) is 0 Å². The maximum Gasteiger partial charge on any atom is 0.251 e.